The van der Waals surface area contributed by atoms with Gasteiger partial charge in [0.1, 0.15) is 78.4 Å². The van der Waals surface area contributed by atoms with Crippen molar-refractivity contribution in [1.82, 2.24) is 37.2 Å². The number of nitrogens with two attached hydrogens (primary N) is 1. The summed E-state index contributed by atoms with van der Waals surface area (Å²) in [6, 6.07) is -11.4. The summed E-state index contributed by atoms with van der Waals surface area (Å²) in [7, 11) is 1.49. The molecule has 1 aromatic rings. The molecule has 17 atom stereocenters. The number of carbonyl (C=O) groups is 8. The highest BCUT2D eigenvalue weighted by Crippen LogP contribution is 2.47. The average Bonchev–Trinajstić information content (AvgIpc) is 0.772. The summed E-state index contributed by atoms with van der Waals surface area (Å²) < 4.78 is 25.2. The highest BCUT2D eigenvalue weighted by molar-refractivity contribution is 6.31. The van der Waals surface area contributed by atoms with Gasteiger partial charge in [0.05, 0.1) is 47.9 Å². The molecule has 2 fully saturated rings. The van der Waals surface area contributed by atoms with Crippen molar-refractivity contribution in [2.75, 3.05) is 20.3 Å². The molecule has 0 saturated carbocycles. The van der Waals surface area contributed by atoms with Gasteiger partial charge in [0.15, 0.2) is 17.5 Å². The van der Waals surface area contributed by atoms with E-state index in [-0.39, 0.29) is 80.7 Å². The minimum absolute atomic E-state index is 0.0451. The number of rotatable bonds is 12. The first-order chi connectivity index (χ1) is 43.6. The van der Waals surface area contributed by atoms with Gasteiger partial charge in [0.2, 0.25) is 53.4 Å². The zero-order chi connectivity index (χ0) is 66.9. The fourth-order valence-electron chi connectivity index (χ4n) is 12.1. The van der Waals surface area contributed by atoms with Gasteiger partial charge >= 0.3 is 5.97 Å². The normalized spacial score (nSPS) is 32.4. The smallest absolute Gasteiger partial charge is 0.330 e. The molecule has 2 saturated heterocycles. The summed E-state index contributed by atoms with van der Waals surface area (Å²) in [6.07, 6.45) is -10.3. The third-order valence-corrected chi connectivity index (χ3v) is 17.6. The third kappa shape index (κ3) is 14.6. The number of ether oxygens (including phenoxy) is 4. The van der Waals surface area contributed by atoms with Crippen LogP contribution in [0.5, 0.6) is 17.2 Å². The molecule has 0 spiro atoms. The topological polar surface area (TPSA) is 486 Å². The number of likely N-dealkylation sites (N-methyl/N-ethyl adjacent to an activating group) is 1. The first-order valence-electron chi connectivity index (χ1n) is 29.4. The first-order valence-corrected chi connectivity index (χ1v) is 30.3. The number of halogens is 2. The van der Waals surface area contributed by atoms with E-state index < -0.39 is 212 Å². The van der Waals surface area contributed by atoms with Gasteiger partial charge in [0.25, 0.3) is 0 Å². The van der Waals surface area contributed by atoms with Crippen LogP contribution in [0.4, 0.5) is 0 Å². The fourth-order valence-corrected chi connectivity index (χ4v) is 12.7. The molecule has 7 amide bonds. The van der Waals surface area contributed by atoms with Crippen molar-refractivity contribution < 1.29 is 108 Å². The molecule has 1 aromatic carbocycles. The Kier molecular flexibility index (Phi) is 21.4. The van der Waals surface area contributed by atoms with Gasteiger partial charge in [-0.3, -0.25) is 33.6 Å². The first kappa shape index (κ1) is 68.6. The van der Waals surface area contributed by atoms with Crippen LogP contribution < -0.4 is 57.2 Å². The minimum Gasteiger partial charge on any atom is -0.512 e. The maximum absolute atomic E-state index is 15.9. The molecule has 6 heterocycles. The Labute approximate surface area is 534 Å². The van der Waals surface area contributed by atoms with Gasteiger partial charge in [-0.1, -0.05) is 43.7 Å². The van der Waals surface area contributed by atoms with E-state index in [2.05, 4.69) is 37.2 Å². The van der Waals surface area contributed by atoms with Crippen molar-refractivity contribution in [3.63, 3.8) is 0 Å². The van der Waals surface area contributed by atoms with E-state index >= 15 is 14.4 Å². The molecule has 92 heavy (non-hydrogen) atoms. The standard InChI is InChI=1S/C60H72Cl2N8O22/c1-21(2)10-32(64-3)53(81)69-45-47(76)23-6-8-35(30(61)12-23)89-37-14-26-15-38(52(37)92-60-51(80)50(79)49(78)39(20-72)91-60)90-36-9-7-24(13-31(36)62)48(77)46-58(86)68-44(59(87)88)29-16-27(73)17-34(74)41(29)28-11-22(4-5-25(28)19-71)42(55(83)70-46)67-56(84)43(26)66-54(82)33(18-40(63)75)65-57(45)85/h4-5,7,9,12,14-16,21,27-28,31-33,39,42-51,60,64,71-74,76-80H,6,8,10-11,13,17-20H2,1-3H3,(H2,63,75)(H,65,85)(H,66,82)(H,67,84)(H,68,86)(H,69,81)(H,70,83)(H,87,88)/t27?,28?,31?,32-,33+,39?,42-,43-,44+,45-,46+,47-,48-,49?,50+,51?,60-/m1/s1. The molecule has 10 aliphatic rings. The van der Waals surface area contributed by atoms with E-state index in [1.54, 1.807) is 0 Å². The molecule has 19 N–H and O–H groups in total. The Morgan fingerprint density at radius 1 is 0.783 bits per heavy atom. The van der Waals surface area contributed by atoms with E-state index in [1.807, 2.05) is 13.8 Å². The lowest BCUT2D eigenvalue weighted by atomic mass is 9.73. The van der Waals surface area contributed by atoms with Gasteiger partial charge in [-0.2, -0.15) is 0 Å². The van der Waals surface area contributed by atoms with Gasteiger partial charge in [0, 0.05) is 24.3 Å². The van der Waals surface area contributed by atoms with E-state index in [1.165, 1.54) is 37.4 Å². The number of benzene rings is 1. The number of allylic oxidation sites excluding steroid dienone is 8. The van der Waals surface area contributed by atoms with Crippen LogP contribution in [0.2, 0.25) is 0 Å². The zero-order valence-corrected chi connectivity index (χ0v) is 51.1. The molecule has 4 aliphatic carbocycles. The molecule has 11 rings (SSSR count). The Bertz CT molecular complexity index is 3430. The van der Waals surface area contributed by atoms with Crippen molar-refractivity contribution in [3.8, 4) is 17.2 Å². The largest absolute Gasteiger partial charge is 0.512 e. The Hall–Kier alpha value is -7.72. The summed E-state index contributed by atoms with van der Waals surface area (Å²) in [6.45, 7) is 2.01. The molecule has 30 nitrogen and oxygen atoms in total. The van der Waals surface area contributed by atoms with Gasteiger partial charge < -0.3 is 113 Å². The van der Waals surface area contributed by atoms with Gasteiger partial charge in [-0.15, -0.1) is 11.6 Å². The number of fused-ring (bicyclic) bond motifs is 15. The lowest BCUT2D eigenvalue weighted by Gasteiger charge is -2.40. The monoisotopic (exact) mass is 1330 g/mol. The molecule has 6 unspecified atom stereocenters. The van der Waals surface area contributed by atoms with Crippen LogP contribution in [-0.4, -0.2) is 209 Å². The molecular formula is C60H72Cl2N8O22. The summed E-state index contributed by atoms with van der Waals surface area (Å²) in [5, 5.41) is 128. The molecule has 0 aromatic heterocycles. The average molecular weight is 1330 g/mol. The van der Waals surface area contributed by atoms with Crippen molar-refractivity contribution in [2.45, 2.75) is 155 Å². The van der Waals surface area contributed by atoms with E-state index in [9.17, 15) is 75.0 Å². The second-order valence-electron chi connectivity index (χ2n) is 23.7. The number of carboxylic acids is 1. The van der Waals surface area contributed by atoms with E-state index in [4.69, 9.17) is 47.9 Å². The molecule has 498 valence electrons. The van der Waals surface area contributed by atoms with E-state index in [0.717, 1.165) is 18.2 Å². The highest BCUT2D eigenvalue weighted by atomic mass is 35.5. The molecule has 11 bridgehead atoms. The van der Waals surface area contributed by atoms with Crippen molar-refractivity contribution in [2.24, 2.45) is 17.6 Å². The van der Waals surface area contributed by atoms with Crippen molar-refractivity contribution in [3.05, 3.63) is 110 Å². The summed E-state index contributed by atoms with van der Waals surface area (Å²) in [5.74, 6) is -14.2. The number of aliphatic hydroxyl groups excluding tert-OH is 9. The molecule has 0 radical (unpaired) electrons. The number of hydrogen-bond donors (Lipinski definition) is 18. The van der Waals surface area contributed by atoms with Gasteiger partial charge in [-0.05, 0) is 102 Å². The van der Waals surface area contributed by atoms with Gasteiger partial charge in [-0.25, -0.2) is 4.79 Å². The molecular weight excluding hydrogens is 1260 g/mol. The number of alkyl halides is 1. The highest BCUT2D eigenvalue weighted by Gasteiger charge is 2.48. The quantitative estimate of drug-likeness (QED) is 0.0923. The number of aliphatic hydroxyl groups is 9. The Morgan fingerprint density at radius 3 is 2.11 bits per heavy atom. The summed E-state index contributed by atoms with van der Waals surface area (Å²) >= 11 is 14.1. The molecule has 32 heteroatoms. The second kappa shape index (κ2) is 28.7. The van der Waals surface area contributed by atoms with Crippen LogP contribution in [0, 0.1) is 11.8 Å². The second-order valence-corrected chi connectivity index (χ2v) is 24.7. The lowest BCUT2D eigenvalue weighted by molar-refractivity contribution is -0.277. The summed E-state index contributed by atoms with van der Waals surface area (Å²) in [4.78, 5) is 116. The van der Waals surface area contributed by atoms with Crippen LogP contribution in [0.15, 0.2) is 104 Å². The van der Waals surface area contributed by atoms with E-state index in [0.29, 0.717) is 0 Å². The predicted molar refractivity (Wildman–Crippen MR) is 319 cm³/mol. The number of carbonyl (C=O) groups excluding carboxylic acids is 7. The number of hydrogen-bond acceptors (Lipinski definition) is 22. The fraction of sp³-hybridized carbons (Fsp3) is 0.500. The van der Waals surface area contributed by atoms with Crippen LogP contribution in [-0.2, 0) is 43.1 Å². The maximum atomic E-state index is 15.9. The number of carboxylic acid groups (broad SMARTS) is 1. The predicted octanol–water partition coefficient (Wildman–Crippen LogP) is -3.08. The van der Waals surface area contributed by atoms with Crippen LogP contribution in [0.3, 0.4) is 0 Å². The number of aliphatic carboxylic acids is 1. The SMILES string of the molecule is CN[C@H](CC(C)C)C(=O)N[C@H]1C(=O)N[C@@H](CC(N)=O)C(=O)N[C@H]2C(=O)N[C@H]3C(=O)N[C@H](C(=O)N[C@H](C(=O)O)C4=CC(O)CC(O)=C4C4CC3=CC=C4CO)[C@H](O)C3=CC=C(Oc4cc2cc(c4O[C@H]2OC(CO)C(O)[C@H](O)C2O)OC2=C(Cl)C=C(CC2)[C@H]1O)C(Cl)C3. The van der Waals surface area contributed by atoms with Crippen molar-refractivity contribution in [1.29, 1.82) is 0 Å². The number of primary amides is 1. The summed E-state index contributed by atoms with van der Waals surface area (Å²) in [5.41, 5.74) is 4.79. The zero-order valence-electron chi connectivity index (χ0n) is 49.6. The van der Waals surface area contributed by atoms with Crippen LogP contribution in [0.25, 0.3) is 0 Å². The minimum atomic E-state index is -2.24. The van der Waals surface area contributed by atoms with Crippen molar-refractivity contribution >= 4 is 70.5 Å². The number of nitrogens with one attached hydrogen (secondary N) is 7. The molecule has 6 aliphatic heterocycles. The third-order valence-electron chi connectivity index (χ3n) is 16.9. The Balaban J connectivity index is 1.30. The maximum Gasteiger partial charge on any atom is 0.330 e. The number of amides is 7. The lowest BCUT2D eigenvalue weighted by Crippen LogP contribution is -2.62. The van der Waals surface area contributed by atoms with Crippen LogP contribution in [0.1, 0.15) is 70.4 Å². The van der Waals surface area contributed by atoms with Crippen LogP contribution >= 0.6 is 23.2 Å². The Morgan fingerprint density at radius 2 is 1.47 bits per heavy atom.